The lowest BCUT2D eigenvalue weighted by molar-refractivity contribution is 1.12. The van der Waals surface area contributed by atoms with Gasteiger partial charge >= 0.3 is 0 Å². The van der Waals surface area contributed by atoms with E-state index >= 15 is 0 Å². The maximum Gasteiger partial charge on any atom is -0.0120 e. The lowest BCUT2D eigenvalue weighted by Gasteiger charge is -2.17. The second-order valence-electron chi connectivity index (χ2n) is 5.73. The Morgan fingerprint density at radius 3 is 1.37 bits per heavy atom. The molecule has 0 saturated heterocycles. The van der Waals surface area contributed by atoms with Crippen LogP contribution in [0.4, 0.5) is 0 Å². The molecule has 0 unspecified atom stereocenters. The van der Waals surface area contributed by atoms with Crippen LogP contribution in [0.25, 0.3) is 11.1 Å². The average Bonchev–Trinajstić information content (AvgIpc) is 2.31. The first-order chi connectivity index (χ1) is 8.93. The number of benzene rings is 2. The van der Waals surface area contributed by atoms with Crippen molar-refractivity contribution in [3.63, 3.8) is 0 Å². The minimum atomic E-state index is 1.10. The third kappa shape index (κ3) is 2.58. The molecule has 0 aliphatic carbocycles. The Kier molecular flexibility index (Phi) is 3.80. The summed E-state index contributed by atoms with van der Waals surface area (Å²) in [4.78, 5) is 0. The van der Waals surface area contributed by atoms with Crippen molar-refractivity contribution in [3.05, 3.63) is 57.6 Å². The van der Waals surface area contributed by atoms with Gasteiger partial charge in [-0.2, -0.15) is 0 Å². The Labute approximate surface area is 117 Å². The standard InChI is InChI=1S/C19H24/c1-7-17-10-15(5)19(16(6)11-17)18-13(3)8-12(2)9-14(18)4/h8-11H,7H2,1-6H3. The molecular weight excluding hydrogens is 228 g/mol. The van der Waals surface area contributed by atoms with Crippen LogP contribution in [0.3, 0.4) is 0 Å². The first-order valence-electron chi connectivity index (χ1n) is 7.12. The predicted octanol–water partition coefficient (Wildman–Crippen LogP) is 5.46. The highest BCUT2D eigenvalue weighted by atomic mass is 14.2. The molecule has 0 amide bonds. The highest BCUT2D eigenvalue weighted by molar-refractivity contribution is 5.77. The molecule has 0 spiro atoms. The van der Waals surface area contributed by atoms with Crippen molar-refractivity contribution in [1.82, 2.24) is 0 Å². The third-order valence-electron chi connectivity index (χ3n) is 3.93. The van der Waals surface area contributed by atoms with E-state index in [9.17, 15) is 0 Å². The Morgan fingerprint density at radius 1 is 0.632 bits per heavy atom. The van der Waals surface area contributed by atoms with E-state index in [-0.39, 0.29) is 0 Å². The number of hydrogen-bond donors (Lipinski definition) is 0. The van der Waals surface area contributed by atoms with Gasteiger partial charge in [0, 0.05) is 0 Å². The lowest BCUT2D eigenvalue weighted by Crippen LogP contribution is -1.97. The second kappa shape index (κ2) is 5.21. The van der Waals surface area contributed by atoms with Gasteiger partial charge in [0.05, 0.1) is 0 Å². The van der Waals surface area contributed by atoms with Crippen LogP contribution in [0.15, 0.2) is 24.3 Å². The molecule has 2 aromatic carbocycles. The summed E-state index contributed by atoms with van der Waals surface area (Å²) in [6.07, 6.45) is 1.10. The smallest absolute Gasteiger partial charge is 0.0120 e. The summed E-state index contributed by atoms with van der Waals surface area (Å²) >= 11 is 0. The fourth-order valence-corrected chi connectivity index (χ4v) is 3.23. The van der Waals surface area contributed by atoms with Crippen LogP contribution in [0.2, 0.25) is 0 Å². The Hall–Kier alpha value is -1.56. The molecule has 0 heteroatoms. The Morgan fingerprint density at radius 2 is 1.00 bits per heavy atom. The lowest BCUT2D eigenvalue weighted by atomic mass is 9.87. The van der Waals surface area contributed by atoms with E-state index in [0.717, 1.165) is 6.42 Å². The van der Waals surface area contributed by atoms with Crippen LogP contribution in [-0.2, 0) is 6.42 Å². The van der Waals surface area contributed by atoms with Crippen molar-refractivity contribution in [2.75, 3.05) is 0 Å². The molecule has 0 N–H and O–H groups in total. The van der Waals surface area contributed by atoms with Gasteiger partial charge in [-0.25, -0.2) is 0 Å². The van der Waals surface area contributed by atoms with Crippen molar-refractivity contribution in [2.24, 2.45) is 0 Å². The summed E-state index contributed by atoms with van der Waals surface area (Å²) < 4.78 is 0. The van der Waals surface area contributed by atoms with Crippen molar-refractivity contribution < 1.29 is 0 Å². The first-order valence-corrected chi connectivity index (χ1v) is 7.12. The van der Waals surface area contributed by atoms with Crippen LogP contribution in [-0.4, -0.2) is 0 Å². The summed E-state index contributed by atoms with van der Waals surface area (Å²) in [5, 5.41) is 0. The maximum absolute atomic E-state index is 2.33. The van der Waals surface area contributed by atoms with Crippen LogP contribution < -0.4 is 0 Å². The van der Waals surface area contributed by atoms with Gasteiger partial charge in [-0.1, -0.05) is 36.8 Å². The highest BCUT2D eigenvalue weighted by Gasteiger charge is 2.12. The SMILES string of the molecule is CCc1cc(C)c(-c2c(C)cc(C)cc2C)c(C)c1. The number of rotatable bonds is 2. The van der Waals surface area contributed by atoms with E-state index in [0.29, 0.717) is 0 Å². The minimum absolute atomic E-state index is 1.10. The normalized spacial score (nSPS) is 10.8. The van der Waals surface area contributed by atoms with Gasteiger partial charge in [-0.15, -0.1) is 0 Å². The van der Waals surface area contributed by atoms with Crippen molar-refractivity contribution in [1.29, 1.82) is 0 Å². The fourth-order valence-electron chi connectivity index (χ4n) is 3.23. The third-order valence-corrected chi connectivity index (χ3v) is 3.93. The quantitative estimate of drug-likeness (QED) is 0.666. The average molecular weight is 252 g/mol. The van der Waals surface area contributed by atoms with Gasteiger partial charge < -0.3 is 0 Å². The summed E-state index contributed by atoms with van der Waals surface area (Å²) in [6, 6.07) is 9.24. The molecular formula is C19H24. The van der Waals surface area contributed by atoms with E-state index in [2.05, 4.69) is 65.8 Å². The monoisotopic (exact) mass is 252 g/mol. The van der Waals surface area contributed by atoms with Crippen LogP contribution in [0.5, 0.6) is 0 Å². The van der Waals surface area contributed by atoms with E-state index in [1.807, 2.05) is 0 Å². The van der Waals surface area contributed by atoms with E-state index < -0.39 is 0 Å². The molecule has 0 bridgehead atoms. The summed E-state index contributed by atoms with van der Waals surface area (Å²) in [5.41, 5.74) is 11.2. The molecule has 19 heavy (non-hydrogen) atoms. The topological polar surface area (TPSA) is 0 Å². The number of aryl methyl sites for hydroxylation is 6. The van der Waals surface area contributed by atoms with E-state index in [1.54, 1.807) is 0 Å². The van der Waals surface area contributed by atoms with Gasteiger partial charge in [-0.3, -0.25) is 0 Å². The molecule has 2 aromatic rings. The molecule has 0 heterocycles. The van der Waals surface area contributed by atoms with E-state index in [1.165, 1.54) is 44.5 Å². The van der Waals surface area contributed by atoms with Crippen LogP contribution >= 0.6 is 0 Å². The van der Waals surface area contributed by atoms with Gasteiger partial charge in [0.1, 0.15) is 0 Å². The molecule has 0 atom stereocenters. The minimum Gasteiger partial charge on any atom is -0.0613 e. The molecule has 0 aliphatic rings. The molecule has 0 radical (unpaired) electrons. The fraction of sp³-hybridized carbons (Fsp3) is 0.368. The second-order valence-corrected chi connectivity index (χ2v) is 5.73. The highest BCUT2D eigenvalue weighted by Crippen LogP contribution is 2.34. The zero-order valence-corrected chi connectivity index (χ0v) is 13.0. The molecule has 0 saturated carbocycles. The molecule has 2 rings (SSSR count). The molecule has 0 nitrogen and oxygen atoms in total. The zero-order chi connectivity index (χ0) is 14.2. The summed E-state index contributed by atoms with van der Waals surface area (Å²) in [6.45, 7) is 13.3. The van der Waals surface area contributed by atoms with Gasteiger partial charge in [0.2, 0.25) is 0 Å². The van der Waals surface area contributed by atoms with Crippen molar-refractivity contribution in [2.45, 2.75) is 48.0 Å². The summed E-state index contributed by atoms with van der Waals surface area (Å²) in [7, 11) is 0. The van der Waals surface area contributed by atoms with Crippen molar-refractivity contribution in [3.8, 4) is 11.1 Å². The van der Waals surface area contributed by atoms with Crippen LogP contribution in [0.1, 0.15) is 40.3 Å². The first kappa shape index (κ1) is 13.9. The Balaban J connectivity index is 2.73. The van der Waals surface area contributed by atoms with Crippen molar-refractivity contribution >= 4 is 0 Å². The predicted molar refractivity (Wildman–Crippen MR) is 84.9 cm³/mol. The van der Waals surface area contributed by atoms with Gasteiger partial charge in [0.15, 0.2) is 0 Å². The molecule has 100 valence electrons. The zero-order valence-electron chi connectivity index (χ0n) is 13.0. The molecule has 0 aliphatic heterocycles. The summed E-state index contributed by atoms with van der Waals surface area (Å²) in [5.74, 6) is 0. The number of hydrogen-bond acceptors (Lipinski definition) is 0. The largest absolute Gasteiger partial charge is 0.0613 e. The van der Waals surface area contributed by atoms with Gasteiger partial charge in [-0.05, 0) is 80.0 Å². The van der Waals surface area contributed by atoms with Crippen LogP contribution in [0, 0.1) is 34.6 Å². The molecule has 0 aromatic heterocycles. The van der Waals surface area contributed by atoms with E-state index in [4.69, 9.17) is 0 Å². The van der Waals surface area contributed by atoms with Gasteiger partial charge in [0.25, 0.3) is 0 Å². The Bertz CT molecular complexity index is 572. The molecule has 0 fully saturated rings. The maximum atomic E-state index is 2.33.